The zero-order chi connectivity index (χ0) is 17.5. The second kappa shape index (κ2) is 6.65. The highest BCUT2D eigenvalue weighted by atomic mass is 35.5. The first-order valence-corrected chi connectivity index (χ1v) is 10.5. The summed E-state index contributed by atoms with van der Waals surface area (Å²) in [5, 5.41) is 0.542. The second-order valence-corrected chi connectivity index (χ2v) is 9.70. The van der Waals surface area contributed by atoms with E-state index in [1.165, 1.54) is 0 Å². The molecule has 2 fully saturated rings. The van der Waals surface area contributed by atoms with Crippen LogP contribution >= 0.6 is 11.6 Å². The molecule has 0 aromatic heterocycles. The van der Waals surface area contributed by atoms with E-state index >= 15 is 0 Å². The van der Waals surface area contributed by atoms with E-state index < -0.39 is 9.84 Å². The molecule has 0 spiro atoms. The maximum absolute atomic E-state index is 12.8. The van der Waals surface area contributed by atoms with Gasteiger partial charge in [0.05, 0.1) is 24.1 Å². The van der Waals surface area contributed by atoms with Crippen LogP contribution in [0.3, 0.4) is 0 Å². The van der Waals surface area contributed by atoms with Gasteiger partial charge in [-0.2, -0.15) is 0 Å². The first-order chi connectivity index (χ1) is 11.3. The van der Waals surface area contributed by atoms with Crippen LogP contribution in [0.25, 0.3) is 0 Å². The molecular formula is C17H23ClN2O3S. The molecule has 0 aliphatic carbocycles. The number of rotatable bonds is 4. The number of hydrogen-bond donors (Lipinski definition) is 0. The average Bonchev–Trinajstić information content (AvgIpc) is 2.79. The van der Waals surface area contributed by atoms with Crippen LogP contribution in [0.15, 0.2) is 24.3 Å². The number of amides is 1. The molecule has 0 saturated carbocycles. The lowest BCUT2D eigenvalue weighted by Crippen LogP contribution is -2.62. The zero-order valence-corrected chi connectivity index (χ0v) is 15.6. The molecule has 2 aliphatic heterocycles. The standard InChI is InChI=1S/C17H23ClN2O3S/c1-12(2)6-7-19-9-17(21)20(14-5-3-4-13(18)8-14)16-11-24(22,23)10-15(16)19/h3-5,8,12,15-16H,6-7,9-11H2,1-2H3/t15-,16-/m0/s1. The number of benzene rings is 1. The Kier molecular flexibility index (Phi) is 4.91. The van der Waals surface area contributed by atoms with E-state index in [2.05, 4.69) is 18.7 Å². The third-order valence-electron chi connectivity index (χ3n) is 4.78. The fourth-order valence-electron chi connectivity index (χ4n) is 3.59. The van der Waals surface area contributed by atoms with Crippen LogP contribution in [0.4, 0.5) is 5.69 Å². The summed E-state index contributed by atoms with van der Waals surface area (Å²) in [4.78, 5) is 16.5. The van der Waals surface area contributed by atoms with Gasteiger partial charge in [0.15, 0.2) is 9.84 Å². The molecule has 3 rings (SSSR count). The highest BCUT2D eigenvalue weighted by Gasteiger charge is 2.49. The van der Waals surface area contributed by atoms with Gasteiger partial charge in [0, 0.05) is 16.8 Å². The molecule has 2 atom stereocenters. The van der Waals surface area contributed by atoms with Crippen LogP contribution in [0.2, 0.25) is 5.02 Å². The molecule has 0 unspecified atom stereocenters. The first kappa shape index (κ1) is 17.7. The van der Waals surface area contributed by atoms with Crippen molar-refractivity contribution in [3.63, 3.8) is 0 Å². The smallest absolute Gasteiger partial charge is 0.241 e. The molecule has 24 heavy (non-hydrogen) atoms. The van der Waals surface area contributed by atoms with E-state index in [1.807, 2.05) is 6.07 Å². The Morgan fingerprint density at radius 2 is 1.96 bits per heavy atom. The van der Waals surface area contributed by atoms with Crippen LogP contribution in [0, 0.1) is 5.92 Å². The first-order valence-electron chi connectivity index (χ1n) is 8.29. The lowest BCUT2D eigenvalue weighted by molar-refractivity contribution is -0.123. The minimum Gasteiger partial charge on any atom is -0.306 e. The van der Waals surface area contributed by atoms with Gasteiger partial charge in [-0.25, -0.2) is 8.42 Å². The van der Waals surface area contributed by atoms with Crippen molar-refractivity contribution in [1.82, 2.24) is 4.90 Å². The molecule has 2 heterocycles. The number of carbonyl (C=O) groups is 1. The van der Waals surface area contributed by atoms with E-state index in [0.717, 1.165) is 13.0 Å². The normalized spacial score (nSPS) is 26.8. The van der Waals surface area contributed by atoms with Crippen LogP contribution in [0.1, 0.15) is 20.3 Å². The summed E-state index contributed by atoms with van der Waals surface area (Å²) in [5.41, 5.74) is 0.683. The van der Waals surface area contributed by atoms with Crippen LogP contribution < -0.4 is 4.90 Å². The third kappa shape index (κ3) is 3.60. The Bertz CT molecular complexity index is 735. The number of halogens is 1. The summed E-state index contributed by atoms with van der Waals surface area (Å²) >= 11 is 6.06. The van der Waals surface area contributed by atoms with Crippen molar-refractivity contribution in [2.24, 2.45) is 5.92 Å². The molecule has 132 valence electrons. The van der Waals surface area contributed by atoms with E-state index in [0.29, 0.717) is 16.6 Å². The number of sulfone groups is 1. The van der Waals surface area contributed by atoms with Gasteiger partial charge in [0.2, 0.25) is 5.91 Å². The highest BCUT2D eigenvalue weighted by molar-refractivity contribution is 7.91. The predicted molar refractivity (Wildman–Crippen MR) is 96.2 cm³/mol. The minimum absolute atomic E-state index is 0.0219. The zero-order valence-electron chi connectivity index (χ0n) is 14.0. The van der Waals surface area contributed by atoms with Crippen molar-refractivity contribution in [2.45, 2.75) is 32.4 Å². The van der Waals surface area contributed by atoms with Crippen LogP contribution in [-0.2, 0) is 14.6 Å². The quantitative estimate of drug-likeness (QED) is 0.815. The Morgan fingerprint density at radius 3 is 2.62 bits per heavy atom. The summed E-state index contributed by atoms with van der Waals surface area (Å²) in [6, 6.07) is 6.61. The summed E-state index contributed by atoms with van der Waals surface area (Å²) in [5.74, 6) is 0.607. The van der Waals surface area contributed by atoms with Gasteiger partial charge in [0.25, 0.3) is 0 Å². The second-order valence-electron chi connectivity index (χ2n) is 7.11. The summed E-state index contributed by atoms with van der Waals surface area (Å²) in [7, 11) is -3.14. The molecule has 7 heteroatoms. The molecule has 2 aliphatic rings. The number of carbonyl (C=O) groups excluding carboxylic acids is 1. The lowest BCUT2D eigenvalue weighted by atomic mass is 10.0. The molecule has 2 saturated heterocycles. The molecule has 0 radical (unpaired) electrons. The monoisotopic (exact) mass is 370 g/mol. The van der Waals surface area contributed by atoms with Crippen molar-refractivity contribution in [2.75, 3.05) is 29.5 Å². The molecular weight excluding hydrogens is 348 g/mol. The van der Waals surface area contributed by atoms with Crippen LogP contribution in [0.5, 0.6) is 0 Å². The van der Waals surface area contributed by atoms with Gasteiger partial charge in [0.1, 0.15) is 0 Å². The Morgan fingerprint density at radius 1 is 1.25 bits per heavy atom. The average molecular weight is 371 g/mol. The van der Waals surface area contributed by atoms with Crippen molar-refractivity contribution >= 4 is 33.0 Å². The van der Waals surface area contributed by atoms with Gasteiger partial charge in [-0.05, 0) is 37.1 Å². The van der Waals surface area contributed by atoms with Crippen molar-refractivity contribution in [1.29, 1.82) is 0 Å². The molecule has 1 amide bonds. The number of fused-ring (bicyclic) bond motifs is 1. The topological polar surface area (TPSA) is 57.7 Å². The van der Waals surface area contributed by atoms with Gasteiger partial charge in [-0.3, -0.25) is 9.69 Å². The number of nitrogens with zero attached hydrogens (tertiary/aromatic N) is 2. The summed E-state index contributed by atoms with van der Waals surface area (Å²) in [6.45, 7) is 5.28. The van der Waals surface area contributed by atoms with Gasteiger partial charge in [-0.15, -0.1) is 0 Å². The third-order valence-corrected chi connectivity index (χ3v) is 6.72. The highest BCUT2D eigenvalue weighted by Crippen LogP contribution is 2.32. The summed E-state index contributed by atoms with van der Waals surface area (Å²) < 4.78 is 24.5. The minimum atomic E-state index is -3.14. The van der Waals surface area contributed by atoms with Crippen molar-refractivity contribution < 1.29 is 13.2 Å². The van der Waals surface area contributed by atoms with E-state index in [-0.39, 0.29) is 36.0 Å². The van der Waals surface area contributed by atoms with Gasteiger partial charge < -0.3 is 4.90 Å². The fraction of sp³-hybridized carbons (Fsp3) is 0.588. The lowest BCUT2D eigenvalue weighted by Gasteiger charge is -2.43. The molecule has 0 N–H and O–H groups in total. The molecule has 5 nitrogen and oxygen atoms in total. The SMILES string of the molecule is CC(C)CCN1CC(=O)N(c2cccc(Cl)c2)[C@H]2CS(=O)(=O)C[C@@H]21. The van der Waals surface area contributed by atoms with Crippen LogP contribution in [-0.4, -0.2) is 55.9 Å². The fourth-order valence-corrected chi connectivity index (χ4v) is 5.75. The largest absolute Gasteiger partial charge is 0.306 e. The van der Waals surface area contributed by atoms with Crippen molar-refractivity contribution in [3.05, 3.63) is 29.3 Å². The predicted octanol–water partition coefficient (Wildman–Crippen LogP) is 2.20. The molecule has 1 aromatic carbocycles. The Balaban J connectivity index is 1.92. The maximum atomic E-state index is 12.8. The van der Waals surface area contributed by atoms with E-state index in [1.54, 1.807) is 23.1 Å². The van der Waals surface area contributed by atoms with Gasteiger partial charge >= 0.3 is 0 Å². The Hall–Kier alpha value is -1.11. The number of piperazine rings is 1. The van der Waals surface area contributed by atoms with Gasteiger partial charge in [-0.1, -0.05) is 31.5 Å². The molecule has 1 aromatic rings. The molecule has 0 bridgehead atoms. The van der Waals surface area contributed by atoms with E-state index in [9.17, 15) is 13.2 Å². The van der Waals surface area contributed by atoms with E-state index in [4.69, 9.17) is 11.6 Å². The maximum Gasteiger partial charge on any atom is 0.241 e. The summed E-state index contributed by atoms with van der Waals surface area (Å²) in [6.07, 6.45) is 0.952. The number of anilines is 1. The number of hydrogen-bond acceptors (Lipinski definition) is 4. The van der Waals surface area contributed by atoms with Crippen molar-refractivity contribution in [3.8, 4) is 0 Å². The Labute approximate surface area is 148 Å².